The summed E-state index contributed by atoms with van der Waals surface area (Å²) in [6, 6.07) is 8.59. The predicted octanol–water partition coefficient (Wildman–Crippen LogP) is 2.20. The van der Waals surface area contributed by atoms with Crippen molar-refractivity contribution in [3.63, 3.8) is 0 Å². The molecule has 2 heterocycles. The molecule has 0 aliphatic rings. The van der Waals surface area contributed by atoms with Crippen molar-refractivity contribution in [2.24, 2.45) is 0 Å². The summed E-state index contributed by atoms with van der Waals surface area (Å²) in [5, 5.41) is 15.2. The number of nitro groups is 1. The molecule has 0 saturated heterocycles. The molecule has 0 fully saturated rings. The number of esters is 1. The lowest BCUT2D eigenvalue weighted by Gasteiger charge is -2.09. The summed E-state index contributed by atoms with van der Waals surface area (Å²) in [6.07, 6.45) is 1.31. The average Bonchev–Trinajstić information content (AvgIpc) is 3.19. The third kappa shape index (κ3) is 5.76. The van der Waals surface area contributed by atoms with E-state index in [1.54, 1.807) is 18.4 Å². The molecule has 0 radical (unpaired) electrons. The number of aromatic nitrogens is 2. The molecule has 2 aromatic heterocycles. The Balaban J connectivity index is 1.67. The molecule has 32 heavy (non-hydrogen) atoms. The van der Waals surface area contributed by atoms with Crippen LogP contribution in [0.2, 0.25) is 0 Å². The van der Waals surface area contributed by atoms with E-state index in [0.29, 0.717) is 11.3 Å². The number of pyridine rings is 1. The van der Waals surface area contributed by atoms with E-state index in [0.717, 1.165) is 16.1 Å². The van der Waals surface area contributed by atoms with Crippen molar-refractivity contribution in [2.45, 2.75) is 20.0 Å². The quantitative estimate of drug-likeness (QED) is 0.292. The molecule has 0 atom stereocenters. The van der Waals surface area contributed by atoms with Gasteiger partial charge in [-0.2, -0.15) is 4.73 Å². The van der Waals surface area contributed by atoms with Crippen LogP contribution in [0.5, 0.6) is 0 Å². The minimum atomic E-state index is -0.710. The second kappa shape index (κ2) is 10.3. The smallest absolute Gasteiger partial charge is 0.311 e. The fraction of sp³-hybridized carbons (Fsp3) is 0.200. The number of hydrogen-bond donors (Lipinski definition) is 1. The Kier molecular flexibility index (Phi) is 7.29. The van der Waals surface area contributed by atoms with Gasteiger partial charge in [0, 0.05) is 23.7 Å². The molecule has 1 amide bonds. The number of ether oxygens (including phenoxy) is 1. The monoisotopic (exact) mass is 458 g/mol. The van der Waals surface area contributed by atoms with E-state index in [4.69, 9.17) is 9.57 Å². The molecule has 12 heteroatoms. The lowest BCUT2D eigenvalue weighted by Crippen LogP contribution is -2.32. The number of carbonyl (C=O) groups excluding carboxylic acids is 2. The number of anilines is 1. The highest BCUT2D eigenvalue weighted by molar-refractivity contribution is 7.14. The van der Waals surface area contributed by atoms with Crippen molar-refractivity contribution in [1.82, 2.24) is 9.71 Å². The van der Waals surface area contributed by atoms with Gasteiger partial charge in [0.2, 0.25) is 0 Å². The SMILES string of the molecule is CCOC(=O)Cc1csc(NC(=O)c2cccn(OCc3cccc([N+](=O)[O-])c3)c2=O)n1. The van der Waals surface area contributed by atoms with Gasteiger partial charge in [-0.3, -0.25) is 29.8 Å². The summed E-state index contributed by atoms with van der Waals surface area (Å²) < 4.78 is 5.73. The Morgan fingerprint density at radius 3 is 2.84 bits per heavy atom. The molecule has 0 unspecified atom stereocenters. The van der Waals surface area contributed by atoms with Crippen LogP contribution < -0.4 is 15.7 Å². The summed E-state index contributed by atoms with van der Waals surface area (Å²) in [5.41, 5.74) is -0.0721. The maximum atomic E-state index is 12.6. The minimum Gasteiger partial charge on any atom is -0.466 e. The second-order valence-corrected chi connectivity index (χ2v) is 7.19. The molecular formula is C20H18N4O7S. The number of rotatable bonds is 9. The molecule has 3 aromatic rings. The molecule has 1 aromatic carbocycles. The van der Waals surface area contributed by atoms with Crippen molar-refractivity contribution in [2.75, 3.05) is 11.9 Å². The van der Waals surface area contributed by atoms with Gasteiger partial charge in [-0.1, -0.05) is 12.1 Å². The number of non-ortho nitro benzene ring substituents is 1. The van der Waals surface area contributed by atoms with Gasteiger partial charge in [-0.25, -0.2) is 4.98 Å². The minimum absolute atomic E-state index is 0.0240. The van der Waals surface area contributed by atoms with Gasteiger partial charge in [0.05, 0.1) is 23.6 Å². The Bertz CT molecular complexity index is 1200. The fourth-order valence-corrected chi connectivity index (χ4v) is 3.33. The molecular weight excluding hydrogens is 440 g/mol. The Morgan fingerprint density at radius 1 is 1.28 bits per heavy atom. The van der Waals surface area contributed by atoms with E-state index >= 15 is 0 Å². The standard InChI is InChI=1S/C20H18N4O7S/c1-2-30-17(25)10-14-12-32-20(21-14)22-18(26)16-7-4-8-23(19(16)27)31-11-13-5-3-6-15(9-13)24(28)29/h3-9,12H,2,10-11H2,1H3,(H,21,22,26). The van der Waals surface area contributed by atoms with E-state index in [2.05, 4.69) is 10.3 Å². The van der Waals surface area contributed by atoms with Gasteiger partial charge in [0.25, 0.3) is 17.2 Å². The summed E-state index contributed by atoms with van der Waals surface area (Å²) in [7, 11) is 0. The van der Waals surface area contributed by atoms with Crippen LogP contribution in [0.3, 0.4) is 0 Å². The zero-order valence-corrected chi connectivity index (χ0v) is 17.7. The van der Waals surface area contributed by atoms with E-state index in [9.17, 15) is 24.5 Å². The molecule has 0 bridgehead atoms. The van der Waals surface area contributed by atoms with Crippen molar-refractivity contribution in [3.05, 3.63) is 85.3 Å². The second-order valence-electron chi connectivity index (χ2n) is 6.33. The third-order valence-corrected chi connectivity index (χ3v) is 4.86. The van der Waals surface area contributed by atoms with E-state index in [1.807, 2.05) is 0 Å². The number of hydrogen-bond acceptors (Lipinski definition) is 9. The number of nitro benzene ring substituents is 1. The van der Waals surface area contributed by atoms with E-state index in [-0.39, 0.29) is 36.0 Å². The lowest BCUT2D eigenvalue weighted by molar-refractivity contribution is -0.384. The Morgan fingerprint density at radius 2 is 2.09 bits per heavy atom. The molecule has 0 saturated carbocycles. The Hall–Kier alpha value is -4.06. The first kappa shape index (κ1) is 22.6. The largest absolute Gasteiger partial charge is 0.466 e. The number of nitrogens with one attached hydrogen (secondary N) is 1. The number of thiazole rings is 1. The molecule has 1 N–H and O–H groups in total. The maximum Gasteiger partial charge on any atom is 0.311 e. The van der Waals surface area contributed by atoms with E-state index < -0.39 is 22.4 Å². The lowest BCUT2D eigenvalue weighted by atomic mass is 10.2. The van der Waals surface area contributed by atoms with Crippen molar-refractivity contribution >= 4 is 34.0 Å². The number of benzene rings is 1. The van der Waals surface area contributed by atoms with Gasteiger partial charge >= 0.3 is 5.97 Å². The van der Waals surface area contributed by atoms with Crippen LogP contribution in [0.1, 0.15) is 28.5 Å². The van der Waals surface area contributed by atoms with E-state index in [1.165, 1.54) is 36.5 Å². The van der Waals surface area contributed by atoms with Gasteiger partial charge < -0.3 is 9.57 Å². The van der Waals surface area contributed by atoms with Crippen LogP contribution in [-0.4, -0.2) is 33.1 Å². The van der Waals surface area contributed by atoms with Crippen molar-refractivity contribution < 1.29 is 24.1 Å². The first-order chi connectivity index (χ1) is 15.4. The summed E-state index contributed by atoms with van der Waals surface area (Å²) >= 11 is 1.11. The van der Waals surface area contributed by atoms with Crippen LogP contribution in [0, 0.1) is 10.1 Å². The molecule has 11 nitrogen and oxygen atoms in total. The predicted molar refractivity (Wildman–Crippen MR) is 114 cm³/mol. The van der Waals surface area contributed by atoms with Crippen molar-refractivity contribution in [1.29, 1.82) is 0 Å². The van der Waals surface area contributed by atoms with Gasteiger partial charge in [0.15, 0.2) is 5.13 Å². The topological polar surface area (TPSA) is 143 Å². The number of carbonyl (C=O) groups is 2. The number of nitrogens with zero attached hydrogens (tertiary/aromatic N) is 3. The summed E-state index contributed by atoms with van der Waals surface area (Å²) in [6.45, 7) is 1.84. The first-order valence-corrected chi connectivity index (χ1v) is 10.2. The van der Waals surface area contributed by atoms with Crippen LogP contribution in [0.15, 0.2) is 52.8 Å². The van der Waals surface area contributed by atoms with Crippen LogP contribution in [-0.2, 0) is 22.6 Å². The zero-order chi connectivity index (χ0) is 23.1. The van der Waals surface area contributed by atoms with Crippen LogP contribution >= 0.6 is 11.3 Å². The molecule has 166 valence electrons. The highest BCUT2D eigenvalue weighted by Crippen LogP contribution is 2.17. The third-order valence-electron chi connectivity index (χ3n) is 4.05. The zero-order valence-electron chi connectivity index (χ0n) is 16.8. The van der Waals surface area contributed by atoms with Gasteiger partial charge in [-0.15, -0.1) is 11.3 Å². The fourth-order valence-electron chi connectivity index (χ4n) is 2.62. The van der Waals surface area contributed by atoms with Crippen LogP contribution in [0.25, 0.3) is 0 Å². The van der Waals surface area contributed by atoms with Gasteiger partial charge in [0.1, 0.15) is 12.2 Å². The number of amides is 1. The van der Waals surface area contributed by atoms with Crippen molar-refractivity contribution in [3.8, 4) is 0 Å². The summed E-state index contributed by atoms with van der Waals surface area (Å²) in [4.78, 5) is 56.6. The highest BCUT2D eigenvalue weighted by Gasteiger charge is 2.16. The summed E-state index contributed by atoms with van der Waals surface area (Å²) in [5.74, 6) is -1.12. The average molecular weight is 458 g/mol. The highest BCUT2D eigenvalue weighted by atomic mass is 32.1. The molecule has 0 aliphatic carbocycles. The first-order valence-electron chi connectivity index (χ1n) is 9.37. The van der Waals surface area contributed by atoms with Crippen LogP contribution in [0.4, 0.5) is 10.8 Å². The van der Waals surface area contributed by atoms with Gasteiger partial charge in [-0.05, 0) is 24.6 Å². The maximum absolute atomic E-state index is 12.6. The molecule has 0 aliphatic heterocycles. The Labute approximate surface area is 185 Å². The molecule has 0 spiro atoms. The normalized spacial score (nSPS) is 10.4. The molecule has 3 rings (SSSR count).